The van der Waals surface area contributed by atoms with E-state index in [4.69, 9.17) is 0 Å². The van der Waals surface area contributed by atoms with E-state index in [0.29, 0.717) is 6.54 Å². The minimum Gasteiger partial charge on any atom is -0.334 e. The number of likely N-dealkylation sites (tertiary alicyclic amines) is 1. The predicted molar refractivity (Wildman–Crippen MR) is 87.3 cm³/mol. The molecule has 1 aromatic heterocycles. The second kappa shape index (κ2) is 6.71. The zero-order chi connectivity index (χ0) is 17.3. The van der Waals surface area contributed by atoms with E-state index < -0.39 is 13.0 Å². The van der Waals surface area contributed by atoms with Crippen molar-refractivity contribution < 1.29 is 13.6 Å². The van der Waals surface area contributed by atoms with Gasteiger partial charge in [-0.15, -0.1) is 0 Å². The maximum atomic E-state index is 12.8. The summed E-state index contributed by atoms with van der Waals surface area (Å²) in [6.45, 7) is 4.08. The van der Waals surface area contributed by atoms with Gasteiger partial charge >= 0.3 is 0 Å². The molecule has 128 valence electrons. The molecule has 0 N–H and O–H groups in total. The Bertz CT molecular complexity index is 711. The highest BCUT2D eigenvalue weighted by atomic mass is 19.3. The number of amides is 1. The lowest BCUT2D eigenvalue weighted by atomic mass is 9.96. The van der Waals surface area contributed by atoms with Crippen LogP contribution in [0.4, 0.5) is 8.78 Å². The van der Waals surface area contributed by atoms with Gasteiger partial charge in [0, 0.05) is 24.7 Å². The number of alkyl halides is 2. The van der Waals surface area contributed by atoms with Gasteiger partial charge in [0.05, 0.1) is 0 Å². The number of aryl methyl sites for hydroxylation is 1. The number of benzene rings is 1. The van der Waals surface area contributed by atoms with Crippen LogP contribution in [-0.2, 0) is 6.54 Å². The minimum absolute atomic E-state index is 0.0682. The highest BCUT2D eigenvalue weighted by Gasteiger charge is 2.34. The number of rotatable bonds is 4. The molecule has 0 aliphatic carbocycles. The van der Waals surface area contributed by atoms with Gasteiger partial charge < -0.3 is 4.90 Å². The smallest absolute Gasteiger partial charge is 0.272 e. The van der Waals surface area contributed by atoms with Gasteiger partial charge in [-0.2, -0.15) is 5.10 Å². The number of aromatic nitrogens is 2. The van der Waals surface area contributed by atoms with Crippen molar-refractivity contribution in [1.82, 2.24) is 14.7 Å². The first-order valence-electron chi connectivity index (χ1n) is 8.13. The van der Waals surface area contributed by atoms with E-state index in [1.54, 1.807) is 4.90 Å². The van der Waals surface area contributed by atoms with Crippen molar-refractivity contribution in [1.29, 1.82) is 0 Å². The SMILES string of the molecule is Cc1ccc([C@@H]2C[C@@H](C)N(C(=O)c3ccnn3CC(F)F)C2)cc1. The van der Waals surface area contributed by atoms with Gasteiger partial charge in [0.25, 0.3) is 12.3 Å². The monoisotopic (exact) mass is 333 g/mol. The van der Waals surface area contributed by atoms with Gasteiger partial charge in [-0.05, 0) is 31.9 Å². The molecule has 0 unspecified atom stereocenters. The number of carbonyl (C=O) groups excluding carboxylic acids is 1. The molecule has 0 spiro atoms. The van der Waals surface area contributed by atoms with Crippen LogP contribution in [-0.4, -0.2) is 39.6 Å². The first-order valence-corrected chi connectivity index (χ1v) is 8.13. The lowest BCUT2D eigenvalue weighted by Crippen LogP contribution is -2.35. The maximum absolute atomic E-state index is 12.8. The summed E-state index contributed by atoms with van der Waals surface area (Å²) in [5, 5.41) is 3.85. The average Bonchev–Trinajstić information content (AvgIpc) is 3.13. The maximum Gasteiger partial charge on any atom is 0.272 e. The van der Waals surface area contributed by atoms with Crippen molar-refractivity contribution in [2.75, 3.05) is 6.54 Å². The average molecular weight is 333 g/mol. The molecule has 0 radical (unpaired) electrons. The number of hydrogen-bond acceptors (Lipinski definition) is 2. The van der Waals surface area contributed by atoms with Crippen molar-refractivity contribution in [3.63, 3.8) is 0 Å². The Morgan fingerprint density at radius 2 is 2.00 bits per heavy atom. The van der Waals surface area contributed by atoms with Crippen LogP contribution in [0, 0.1) is 6.92 Å². The molecule has 0 bridgehead atoms. The fraction of sp³-hybridized carbons (Fsp3) is 0.444. The fourth-order valence-corrected chi connectivity index (χ4v) is 3.33. The molecule has 1 fully saturated rings. The van der Waals surface area contributed by atoms with Crippen LogP contribution in [0.15, 0.2) is 36.5 Å². The summed E-state index contributed by atoms with van der Waals surface area (Å²) in [7, 11) is 0. The number of nitrogens with zero attached hydrogens (tertiary/aromatic N) is 3. The predicted octanol–water partition coefficient (Wildman–Crippen LogP) is 3.47. The molecule has 1 aliphatic rings. The van der Waals surface area contributed by atoms with Crippen LogP contribution in [0.5, 0.6) is 0 Å². The van der Waals surface area contributed by atoms with Crippen molar-refractivity contribution in [3.05, 3.63) is 53.3 Å². The van der Waals surface area contributed by atoms with E-state index in [9.17, 15) is 13.6 Å². The van der Waals surface area contributed by atoms with E-state index in [2.05, 4.69) is 29.4 Å². The van der Waals surface area contributed by atoms with Crippen molar-refractivity contribution >= 4 is 5.91 Å². The molecule has 1 aliphatic heterocycles. The molecule has 4 nitrogen and oxygen atoms in total. The molecule has 0 saturated carbocycles. The minimum atomic E-state index is -2.53. The summed E-state index contributed by atoms with van der Waals surface area (Å²) < 4.78 is 26.3. The summed E-state index contributed by atoms with van der Waals surface area (Å²) in [5.41, 5.74) is 2.64. The molecule has 2 aromatic rings. The molecule has 2 heterocycles. The largest absolute Gasteiger partial charge is 0.334 e. The van der Waals surface area contributed by atoms with Gasteiger partial charge in [-0.25, -0.2) is 8.78 Å². The second-order valence-electron chi connectivity index (χ2n) is 6.44. The lowest BCUT2D eigenvalue weighted by Gasteiger charge is -2.22. The zero-order valence-electron chi connectivity index (χ0n) is 13.8. The highest BCUT2D eigenvalue weighted by Crippen LogP contribution is 2.32. The molecule has 24 heavy (non-hydrogen) atoms. The number of hydrogen-bond donors (Lipinski definition) is 0. The Morgan fingerprint density at radius 3 is 2.67 bits per heavy atom. The number of halogens is 2. The zero-order valence-corrected chi connectivity index (χ0v) is 13.8. The van der Waals surface area contributed by atoms with Crippen LogP contribution in [0.3, 0.4) is 0 Å². The molecule has 3 rings (SSSR count). The first kappa shape index (κ1) is 16.6. The second-order valence-corrected chi connectivity index (χ2v) is 6.44. The Labute approximate surface area is 140 Å². The molecule has 2 atom stereocenters. The summed E-state index contributed by atoms with van der Waals surface area (Å²) in [6.07, 6.45) is -0.265. The van der Waals surface area contributed by atoms with Crippen LogP contribution in [0.25, 0.3) is 0 Å². The van der Waals surface area contributed by atoms with Crippen molar-refractivity contribution in [2.45, 2.75) is 45.2 Å². The molecule has 1 saturated heterocycles. The van der Waals surface area contributed by atoms with Gasteiger partial charge in [0.15, 0.2) is 0 Å². The van der Waals surface area contributed by atoms with Crippen molar-refractivity contribution in [3.8, 4) is 0 Å². The number of carbonyl (C=O) groups is 1. The molecule has 6 heteroatoms. The molecule has 1 aromatic carbocycles. The fourth-order valence-electron chi connectivity index (χ4n) is 3.33. The summed E-state index contributed by atoms with van der Waals surface area (Å²) in [4.78, 5) is 14.5. The van der Waals surface area contributed by atoms with E-state index in [1.165, 1.54) is 23.4 Å². The van der Waals surface area contributed by atoms with E-state index >= 15 is 0 Å². The van der Waals surface area contributed by atoms with Gasteiger partial charge in [-0.1, -0.05) is 29.8 Å². The van der Waals surface area contributed by atoms with E-state index in [0.717, 1.165) is 11.1 Å². The third-order valence-corrected chi connectivity index (χ3v) is 4.63. The Morgan fingerprint density at radius 1 is 1.29 bits per heavy atom. The lowest BCUT2D eigenvalue weighted by molar-refractivity contribution is 0.0720. The molecular weight excluding hydrogens is 312 g/mol. The molecular formula is C18H21F2N3O. The summed E-state index contributed by atoms with van der Waals surface area (Å²) in [6, 6.07) is 9.92. The van der Waals surface area contributed by atoms with Crippen molar-refractivity contribution in [2.24, 2.45) is 0 Å². The van der Waals surface area contributed by atoms with E-state index in [1.807, 2.05) is 13.8 Å². The highest BCUT2D eigenvalue weighted by molar-refractivity contribution is 5.93. The van der Waals surface area contributed by atoms with Crippen LogP contribution in [0.1, 0.15) is 40.9 Å². The summed E-state index contributed by atoms with van der Waals surface area (Å²) in [5.74, 6) is 0.0475. The van der Waals surface area contributed by atoms with Gasteiger partial charge in [0.1, 0.15) is 12.2 Å². The topological polar surface area (TPSA) is 38.1 Å². The normalized spacial score (nSPS) is 20.8. The van der Waals surface area contributed by atoms with Crippen LogP contribution in [0.2, 0.25) is 0 Å². The quantitative estimate of drug-likeness (QED) is 0.859. The Hall–Kier alpha value is -2.24. The summed E-state index contributed by atoms with van der Waals surface area (Å²) >= 11 is 0. The van der Waals surface area contributed by atoms with Gasteiger partial charge in [-0.3, -0.25) is 9.48 Å². The third kappa shape index (κ3) is 3.32. The standard InChI is InChI=1S/C18H21F2N3O/c1-12-3-5-14(6-4-12)15-9-13(2)22(10-15)18(24)16-7-8-21-23(16)11-17(19)20/h3-8,13,15,17H,9-11H2,1-2H3/t13-,15-/m1/s1. The third-order valence-electron chi connectivity index (χ3n) is 4.63. The van der Waals surface area contributed by atoms with Crippen LogP contribution < -0.4 is 0 Å². The molecule has 1 amide bonds. The Balaban J connectivity index is 1.76. The van der Waals surface area contributed by atoms with Gasteiger partial charge in [0.2, 0.25) is 0 Å². The van der Waals surface area contributed by atoms with Crippen LogP contribution >= 0.6 is 0 Å². The Kier molecular flexibility index (Phi) is 4.64. The van der Waals surface area contributed by atoms with E-state index in [-0.39, 0.29) is 23.6 Å². The first-order chi connectivity index (χ1) is 11.5.